The zero-order chi connectivity index (χ0) is 15.2. The maximum atomic E-state index is 10.8. The number of aliphatic carboxylic acids is 1. The molecule has 2 rings (SSSR count). The number of benzene rings is 1. The van der Waals surface area contributed by atoms with Crippen molar-refractivity contribution in [2.45, 2.75) is 31.9 Å². The SMILES string of the molecule is COc1ccc(CC(C)N2CCOC(CC(=O)O)C2)cc1. The Labute approximate surface area is 125 Å². The highest BCUT2D eigenvalue weighted by Crippen LogP contribution is 2.17. The number of carboxylic acids is 1. The monoisotopic (exact) mass is 293 g/mol. The van der Waals surface area contributed by atoms with Crippen molar-refractivity contribution in [3.05, 3.63) is 29.8 Å². The molecule has 1 aliphatic rings. The van der Waals surface area contributed by atoms with Crippen molar-refractivity contribution in [1.29, 1.82) is 0 Å². The van der Waals surface area contributed by atoms with Crippen molar-refractivity contribution < 1.29 is 19.4 Å². The van der Waals surface area contributed by atoms with Crippen LogP contribution in [0.2, 0.25) is 0 Å². The Morgan fingerprint density at radius 1 is 1.48 bits per heavy atom. The van der Waals surface area contributed by atoms with E-state index in [2.05, 4.69) is 24.0 Å². The summed E-state index contributed by atoms with van der Waals surface area (Å²) in [6.45, 7) is 4.31. The van der Waals surface area contributed by atoms with Crippen molar-refractivity contribution in [2.75, 3.05) is 26.8 Å². The summed E-state index contributed by atoms with van der Waals surface area (Å²) in [4.78, 5) is 13.1. The molecule has 1 heterocycles. The van der Waals surface area contributed by atoms with Gasteiger partial charge in [-0.2, -0.15) is 0 Å². The molecule has 2 unspecified atom stereocenters. The minimum Gasteiger partial charge on any atom is -0.497 e. The number of morpholine rings is 1. The second kappa shape index (κ2) is 7.43. The van der Waals surface area contributed by atoms with Crippen LogP contribution in [0.5, 0.6) is 5.75 Å². The molecule has 21 heavy (non-hydrogen) atoms. The molecule has 1 aromatic rings. The first kappa shape index (κ1) is 15.8. The van der Waals surface area contributed by atoms with Gasteiger partial charge < -0.3 is 14.6 Å². The highest BCUT2D eigenvalue weighted by molar-refractivity contribution is 5.67. The summed E-state index contributed by atoms with van der Waals surface area (Å²) in [7, 11) is 1.66. The standard InChI is InChI=1S/C16H23NO4/c1-12(9-13-3-5-14(20-2)6-4-13)17-7-8-21-15(11-17)10-16(18)19/h3-6,12,15H,7-11H2,1-2H3,(H,18,19). The zero-order valence-corrected chi connectivity index (χ0v) is 12.6. The Balaban J connectivity index is 1.89. The number of hydrogen-bond donors (Lipinski definition) is 1. The van der Waals surface area contributed by atoms with Crippen LogP contribution in [0.3, 0.4) is 0 Å². The van der Waals surface area contributed by atoms with Gasteiger partial charge in [0.15, 0.2) is 0 Å². The first-order valence-electron chi connectivity index (χ1n) is 7.29. The Morgan fingerprint density at radius 3 is 2.81 bits per heavy atom. The largest absolute Gasteiger partial charge is 0.497 e. The van der Waals surface area contributed by atoms with Gasteiger partial charge in [-0.1, -0.05) is 12.1 Å². The maximum Gasteiger partial charge on any atom is 0.306 e. The fourth-order valence-electron chi connectivity index (χ4n) is 2.69. The Kier molecular flexibility index (Phi) is 5.59. The van der Waals surface area contributed by atoms with Gasteiger partial charge >= 0.3 is 5.97 Å². The van der Waals surface area contributed by atoms with Crippen molar-refractivity contribution in [3.63, 3.8) is 0 Å². The summed E-state index contributed by atoms with van der Waals surface area (Å²) in [5.41, 5.74) is 1.25. The lowest BCUT2D eigenvalue weighted by atomic mass is 10.0. The van der Waals surface area contributed by atoms with Gasteiger partial charge in [0.2, 0.25) is 0 Å². The Hall–Kier alpha value is -1.59. The number of hydrogen-bond acceptors (Lipinski definition) is 4. The van der Waals surface area contributed by atoms with Crippen LogP contribution >= 0.6 is 0 Å². The summed E-state index contributed by atoms with van der Waals surface area (Å²) < 4.78 is 10.7. The molecule has 5 nitrogen and oxygen atoms in total. The lowest BCUT2D eigenvalue weighted by Crippen LogP contribution is -2.47. The second-order valence-electron chi connectivity index (χ2n) is 5.49. The van der Waals surface area contributed by atoms with E-state index >= 15 is 0 Å². The molecule has 0 bridgehead atoms. The van der Waals surface area contributed by atoms with Crippen LogP contribution < -0.4 is 4.74 Å². The van der Waals surface area contributed by atoms with Crippen LogP contribution in [0.4, 0.5) is 0 Å². The van der Waals surface area contributed by atoms with Gasteiger partial charge in [0.25, 0.3) is 0 Å². The van der Waals surface area contributed by atoms with E-state index in [1.54, 1.807) is 7.11 Å². The van der Waals surface area contributed by atoms with Gasteiger partial charge in [-0.15, -0.1) is 0 Å². The van der Waals surface area contributed by atoms with Gasteiger partial charge in [0, 0.05) is 19.1 Å². The van der Waals surface area contributed by atoms with Crippen molar-refractivity contribution in [2.24, 2.45) is 0 Å². The third-order valence-corrected chi connectivity index (χ3v) is 3.89. The molecule has 5 heteroatoms. The van der Waals surface area contributed by atoms with Crippen LogP contribution in [0.25, 0.3) is 0 Å². The summed E-state index contributed by atoms with van der Waals surface area (Å²) in [5.74, 6) is 0.0592. The predicted molar refractivity (Wildman–Crippen MR) is 79.7 cm³/mol. The molecule has 1 aromatic carbocycles. The minimum absolute atomic E-state index is 0.0752. The lowest BCUT2D eigenvalue weighted by molar-refractivity contribution is -0.142. The van der Waals surface area contributed by atoms with Crippen LogP contribution in [-0.4, -0.2) is 54.9 Å². The van der Waals surface area contributed by atoms with E-state index in [4.69, 9.17) is 14.6 Å². The Morgan fingerprint density at radius 2 is 2.19 bits per heavy atom. The van der Waals surface area contributed by atoms with Crippen molar-refractivity contribution >= 4 is 5.97 Å². The van der Waals surface area contributed by atoms with Crippen LogP contribution in [0.15, 0.2) is 24.3 Å². The maximum absolute atomic E-state index is 10.8. The molecule has 0 radical (unpaired) electrons. The fraction of sp³-hybridized carbons (Fsp3) is 0.562. The number of methoxy groups -OCH3 is 1. The Bertz CT molecular complexity index is 460. The number of carbonyl (C=O) groups is 1. The summed E-state index contributed by atoms with van der Waals surface area (Å²) in [5, 5.41) is 8.86. The third kappa shape index (κ3) is 4.72. The topological polar surface area (TPSA) is 59.0 Å². The van der Waals surface area contributed by atoms with E-state index in [1.165, 1.54) is 5.56 Å². The molecule has 1 N–H and O–H groups in total. The molecule has 116 valence electrons. The second-order valence-corrected chi connectivity index (χ2v) is 5.49. The quantitative estimate of drug-likeness (QED) is 0.866. The van der Waals surface area contributed by atoms with Crippen molar-refractivity contribution in [3.8, 4) is 5.75 Å². The molecule has 1 fully saturated rings. The molecule has 0 saturated carbocycles. The van der Waals surface area contributed by atoms with E-state index in [-0.39, 0.29) is 12.5 Å². The predicted octanol–water partition coefficient (Wildman–Crippen LogP) is 1.80. The van der Waals surface area contributed by atoms with Crippen LogP contribution in [0, 0.1) is 0 Å². The number of carboxylic acid groups (broad SMARTS) is 1. The minimum atomic E-state index is -0.801. The smallest absolute Gasteiger partial charge is 0.306 e. The van der Waals surface area contributed by atoms with Gasteiger partial charge in [-0.05, 0) is 31.0 Å². The molecular formula is C16H23NO4. The van der Waals surface area contributed by atoms with E-state index in [0.717, 1.165) is 18.7 Å². The average Bonchev–Trinajstić information content (AvgIpc) is 2.47. The van der Waals surface area contributed by atoms with E-state index in [9.17, 15) is 4.79 Å². The van der Waals surface area contributed by atoms with Crippen molar-refractivity contribution in [1.82, 2.24) is 4.90 Å². The lowest BCUT2D eigenvalue weighted by Gasteiger charge is -2.36. The van der Waals surface area contributed by atoms with Gasteiger partial charge in [0.1, 0.15) is 5.75 Å². The highest BCUT2D eigenvalue weighted by atomic mass is 16.5. The molecule has 2 atom stereocenters. The summed E-state index contributed by atoms with van der Waals surface area (Å²) in [6, 6.07) is 8.44. The molecule has 1 aliphatic heterocycles. The van der Waals surface area contributed by atoms with Gasteiger partial charge in [-0.25, -0.2) is 0 Å². The molecule has 0 amide bonds. The fourth-order valence-corrected chi connectivity index (χ4v) is 2.69. The number of nitrogens with zero attached hydrogens (tertiary/aromatic N) is 1. The van der Waals surface area contributed by atoms with Gasteiger partial charge in [0.05, 0.1) is 26.2 Å². The number of ether oxygens (including phenoxy) is 2. The van der Waals surface area contributed by atoms with E-state index in [0.29, 0.717) is 19.2 Å². The normalized spacial score (nSPS) is 21.0. The molecule has 0 aromatic heterocycles. The average molecular weight is 293 g/mol. The first-order chi connectivity index (χ1) is 10.1. The van der Waals surface area contributed by atoms with E-state index in [1.807, 2.05) is 12.1 Å². The summed E-state index contributed by atoms with van der Waals surface area (Å²) in [6.07, 6.45) is 0.810. The third-order valence-electron chi connectivity index (χ3n) is 3.89. The molecule has 0 aliphatic carbocycles. The molecule has 0 spiro atoms. The highest BCUT2D eigenvalue weighted by Gasteiger charge is 2.25. The first-order valence-corrected chi connectivity index (χ1v) is 7.29. The van der Waals surface area contributed by atoms with Gasteiger partial charge in [-0.3, -0.25) is 9.69 Å². The van der Waals surface area contributed by atoms with Crippen LogP contribution in [-0.2, 0) is 16.0 Å². The van der Waals surface area contributed by atoms with E-state index < -0.39 is 5.97 Å². The zero-order valence-electron chi connectivity index (χ0n) is 12.6. The number of rotatable bonds is 6. The molecule has 1 saturated heterocycles. The summed E-state index contributed by atoms with van der Waals surface area (Å²) >= 11 is 0. The molecular weight excluding hydrogens is 270 g/mol. The van der Waals surface area contributed by atoms with Crippen LogP contribution in [0.1, 0.15) is 18.9 Å².